The molecule has 1 aromatic carbocycles. The van der Waals surface area contributed by atoms with Crippen molar-refractivity contribution in [1.29, 1.82) is 0 Å². The number of benzene rings is 1. The molecule has 0 aliphatic heterocycles. The fraction of sp³-hybridized carbons (Fsp3) is 0.167. The minimum absolute atomic E-state index is 0.142. The molecule has 0 N–H and O–H groups in total. The molecule has 0 saturated heterocycles. The van der Waals surface area contributed by atoms with Crippen LogP contribution >= 0.6 is 11.3 Å². The maximum atomic E-state index is 13.5. The summed E-state index contributed by atoms with van der Waals surface area (Å²) in [5.74, 6) is -0.142. The van der Waals surface area contributed by atoms with Crippen LogP contribution in [-0.2, 0) is 0 Å². The van der Waals surface area contributed by atoms with E-state index >= 15 is 0 Å². The first-order valence-corrected chi connectivity index (χ1v) is 5.37. The molecule has 0 spiro atoms. The summed E-state index contributed by atoms with van der Waals surface area (Å²) in [5, 5.41) is 2.07. The molecule has 0 amide bonds. The maximum Gasteiger partial charge on any atom is 0.131 e. The topological polar surface area (TPSA) is 0 Å². The molecule has 0 bridgehead atoms. The predicted molar refractivity (Wildman–Crippen MR) is 59.2 cm³/mol. The molecule has 1 heterocycles. The number of hydrogen-bond acceptors (Lipinski definition) is 1. The molecule has 0 unspecified atom stereocenters. The van der Waals surface area contributed by atoms with Gasteiger partial charge in [-0.15, -0.1) is 11.3 Å². The van der Waals surface area contributed by atoms with Gasteiger partial charge in [0.05, 0.1) is 0 Å². The monoisotopic (exact) mass is 206 g/mol. The highest BCUT2D eigenvalue weighted by atomic mass is 32.1. The summed E-state index contributed by atoms with van der Waals surface area (Å²) in [5.41, 5.74) is 2.91. The first kappa shape index (κ1) is 9.41. The van der Waals surface area contributed by atoms with Gasteiger partial charge < -0.3 is 0 Å². The Balaban J connectivity index is 2.66. The van der Waals surface area contributed by atoms with Gasteiger partial charge in [-0.2, -0.15) is 0 Å². The van der Waals surface area contributed by atoms with E-state index in [9.17, 15) is 4.39 Å². The summed E-state index contributed by atoms with van der Waals surface area (Å²) in [6.07, 6.45) is 0. The summed E-state index contributed by atoms with van der Waals surface area (Å²) < 4.78 is 13.5. The SMILES string of the molecule is Cc1csc(C)c1-c1ccccc1F. The number of rotatable bonds is 1. The largest absolute Gasteiger partial charge is 0.206 e. The van der Waals surface area contributed by atoms with Crippen molar-refractivity contribution in [3.8, 4) is 11.1 Å². The summed E-state index contributed by atoms with van der Waals surface area (Å²) in [6, 6.07) is 6.92. The third-order valence-electron chi connectivity index (χ3n) is 2.30. The van der Waals surface area contributed by atoms with Crippen molar-refractivity contribution in [3.05, 3.63) is 45.9 Å². The van der Waals surface area contributed by atoms with Crippen molar-refractivity contribution in [3.63, 3.8) is 0 Å². The van der Waals surface area contributed by atoms with Gasteiger partial charge in [0.15, 0.2) is 0 Å². The van der Waals surface area contributed by atoms with Crippen LogP contribution in [0.5, 0.6) is 0 Å². The molecule has 14 heavy (non-hydrogen) atoms. The van der Waals surface area contributed by atoms with Crippen LogP contribution in [0.2, 0.25) is 0 Å². The first-order valence-electron chi connectivity index (χ1n) is 4.49. The van der Waals surface area contributed by atoms with Crippen molar-refractivity contribution in [2.24, 2.45) is 0 Å². The fourth-order valence-corrected chi connectivity index (χ4v) is 2.50. The van der Waals surface area contributed by atoms with Crippen LogP contribution in [0, 0.1) is 19.7 Å². The molecule has 2 aromatic rings. The van der Waals surface area contributed by atoms with Crippen molar-refractivity contribution >= 4 is 11.3 Å². The van der Waals surface area contributed by atoms with Gasteiger partial charge in [0.2, 0.25) is 0 Å². The number of aryl methyl sites for hydroxylation is 2. The molecule has 0 nitrogen and oxygen atoms in total. The second-order valence-corrected chi connectivity index (χ2v) is 4.41. The van der Waals surface area contributed by atoms with Gasteiger partial charge >= 0.3 is 0 Å². The Morgan fingerprint density at radius 2 is 1.86 bits per heavy atom. The van der Waals surface area contributed by atoms with E-state index in [1.807, 2.05) is 26.0 Å². The predicted octanol–water partition coefficient (Wildman–Crippen LogP) is 4.17. The maximum absolute atomic E-state index is 13.5. The van der Waals surface area contributed by atoms with E-state index in [2.05, 4.69) is 5.38 Å². The van der Waals surface area contributed by atoms with Crippen LogP contribution in [0.25, 0.3) is 11.1 Å². The molecule has 0 aliphatic carbocycles. The highest BCUT2D eigenvalue weighted by Gasteiger charge is 2.10. The van der Waals surface area contributed by atoms with Gasteiger partial charge in [0.25, 0.3) is 0 Å². The Kier molecular flexibility index (Phi) is 2.38. The lowest BCUT2D eigenvalue weighted by molar-refractivity contribution is 0.631. The second kappa shape index (κ2) is 3.54. The minimum Gasteiger partial charge on any atom is -0.206 e. The average molecular weight is 206 g/mol. The second-order valence-electron chi connectivity index (χ2n) is 3.33. The van der Waals surface area contributed by atoms with Crippen LogP contribution < -0.4 is 0 Å². The van der Waals surface area contributed by atoms with Crippen molar-refractivity contribution in [2.45, 2.75) is 13.8 Å². The Morgan fingerprint density at radius 3 is 2.43 bits per heavy atom. The molecule has 72 valence electrons. The summed E-state index contributed by atoms with van der Waals surface area (Å²) in [7, 11) is 0. The van der Waals surface area contributed by atoms with Gasteiger partial charge in [-0.1, -0.05) is 18.2 Å². The molecule has 0 atom stereocenters. The lowest BCUT2D eigenvalue weighted by atomic mass is 10.0. The molecule has 1 aromatic heterocycles. The van der Waals surface area contributed by atoms with Gasteiger partial charge in [0, 0.05) is 16.0 Å². The van der Waals surface area contributed by atoms with Crippen molar-refractivity contribution < 1.29 is 4.39 Å². The van der Waals surface area contributed by atoms with E-state index in [-0.39, 0.29) is 5.82 Å². The quantitative estimate of drug-likeness (QED) is 0.657. The Labute approximate surface area is 87.0 Å². The Morgan fingerprint density at radius 1 is 1.14 bits per heavy atom. The van der Waals surface area contributed by atoms with Crippen LogP contribution in [0.1, 0.15) is 10.4 Å². The molecular formula is C12H11FS. The normalized spacial score (nSPS) is 10.5. The Hall–Kier alpha value is -1.15. The highest BCUT2D eigenvalue weighted by molar-refractivity contribution is 7.10. The zero-order valence-corrected chi connectivity index (χ0v) is 8.99. The molecule has 0 aliphatic rings. The zero-order valence-electron chi connectivity index (χ0n) is 8.17. The van der Waals surface area contributed by atoms with E-state index in [1.165, 1.54) is 10.9 Å². The van der Waals surface area contributed by atoms with Crippen LogP contribution in [0.3, 0.4) is 0 Å². The Bertz CT molecular complexity index is 438. The lowest BCUT2D eigenvalue weighted by Gasteiger charge is -2.03. The smallest absolute Gasteiger partial charge is 0.131 e. The summed E-state index contributed by atoms with van der Waals surface area (Å²) >= 11 is 1.67. The van der Waals surface area contributed by atoms with Crippen LogP contribution in [0.4, 0.5) is 4.39 Å². The molecular weight excluding hydrogens is 195 g/mol. The summed E-state index contributed by atoms with van der Waals surface area (Å²) in [6.45, 7) is 4.05. The van der Waals surface area contributed by atoms with Crippen molar-refractivity contribution in [2.75, 3.05) is 0 Å². The van der Waals surface area contributed by atoms with E-state index in [4.69, 9.17) is 0 Å². The molecule has 2 rings (SSSR count). The molecule has 0 fully saturated rings. The molecule has 2 heteroatoms. The molecule has 0 saturated carbocycles. The third kappa shape index (κ3) is 1.46. The highest BCUT2D eigenvalue weighted by Crippen LogP contribution is 2.32. The number of halogens is 1. The van der Waals surface area contributed by atoms with Gasteiger partial charge in [-0.3, -0.25) is 0 Å². The van der Waals surface area contributed by atoms with Gasteiger partial charge in [-0.05, 0) is 30.9 Å². The fourth-order valence-electron chi connectivity index (χ4n) is 1.64. The zero-order chi connectivity index (χ0) is 10.1. The van der Waals surface area contributed by atoms with E-state index < -0.39 is 0 Å². The standard InChI is InChI=1S/C12H11FS/c1-8-7-14-9(2)12(8)10-5-3-4-6-11(10)13/h3-7H,1-2H3. The van der Waals surface area contributed by atoms with Crippen molar-refractivity contribution in [1.82, 2.24) is 0 Å². The van der Waals surface area contributed by atoms with E-state index in [0.717, 1.165) is 11.1 Å². The minimum atomic E-state index is -0.142. The van der Waals surface area contributed by atoms with Gasteiger partial charge in [0.1, 0.15) is 5.82 Å². The first-order chi connectivity index (χ1) is 6.70. The van der Waals surface area contributed by atoms with Crippen LogP contribution in [0.15, 0.2) is 29.6 Å². The van der Waals surface area contributed by atoms with Crippen LogP contribution in [-0.4, -0.2) is 0 Å². The van der Waals surface area contributed by atoms with Gasteiger partial charge in [-0.25, -0.2) is 4.39 Å². The number of hydrogen-bond donors (Lipinski definition) is 0. The number of thiophene rings is 1. The summed E-state index contributed by atoms with van der Waals surface area (Å²) in [4.78, 5) is 1.17. The molecule has 0 radical (unpaired) electrons. The van der Waals surface area contributed by atoms with E-state index in [1.54, 1.807) is 17.4 Å². The van der Waals surface area contributed by atoms with E-state index in [0.29, 0.717) is 5.56 Å². The lowest BCUT2D eigenvalue weighted by Crippen LogP contribution is -1.85. The average Bonchev–Trinajstić information content (AvgIpc) is 2.48. The third-order valence-corrected chi connectivity index (χ3v) is 3.33.